The number of rotatable bonds is 6. The average Bonchev–Trinajstić information content (AvgIpc) is 2.74. The summed E-state index contributed by atoms with van der Waals surface area (Å²) in [6, 6.07) is 6.73. The Labute approximate surface area is 123 Å². The summed E-state index contributed by atoms with van der Waals surface area (Å²) in [6.45, 7) is 4.83. The topological polar surface area (TPSA) is 64.0 Å². The zero-order valence-corrected chi connectivity index (χ0v) is 12.8. The smallest absolute Gasteiger partial charge is 0.240 e. The molecule has 0 aliphatic rings. The summed E-state index contributed by atoms with van der Waals surface area (Å²) in [5.74, 6) is -0.460. The van der Waals surface area contributed by atoms with Crippen LogP contribution in [-0.4, -0.2) is 24.7 Å². The van der Waals surface area contributed by atoms with Gasteiger partial charge in [0.15, 0.2) is 0 Å². The van der Waals surface area contributed by atoms with Crippen molar-refractivity contribution >= 4 is 10.0 Å². The Morgan fingerprint density at radius 2 is 1.90 bits per heavy atom. The molecule has 0 aliphatic carbocycles. The number of benzene rings is 1. The maximum atomic E-state index is 12.8. The van der Waals surface area contributed by atoms with Gasteiger partial charge in [-0.05, 0) is 50.6 Å². The van der Waals surface area contributed by atoms with Gasteiger partial charge in [0.1, 0.15) is 5.82 Å². The van der Waals surface area contributed by atoms with Crippen LogP contribution in [0.5, 0.6) is 0 Å². The van der Waals surface area contributed by atoms with Crippen molar-refractivity contribution in [2.24, 2.45) is 0 Å². The predicted octanol–water partition coefficient (Wildman–Crippen LogP) is 2.01. The molecule has 0 bridgehead atoms. The molecule has 0 saturated heterocycles. The first-order valence-electron chi connectivity index (χ1n) is 6.65. The van der Waals surface area contributed by atoms with Gasteiger partial charge in [-0.3, -0.25) is 4.68 Å². The summed E-state index contributed by atoms with van der Waals surface area (Å²) in [4.78, 5) is 0.0648. The Balaban J connectivity index is 1.88. The van der Waals surface area contributed by atoms with Gasteiger partial charge >= 0.3 is 0 Å². The number of hydrogen-bond donors (Lipinski definition) is 1. The van der Waals surface area contributed by atoms with E-state index in [1.54, 1.807) is 0 Å². The molecule has 0 spiro atoms. The molecule has 1 N–H and O–H groups in total. The number of halogens is 1. The highest BCUT2D eigenvalue weighted by Crippen LogP contribution is 2.09. The summed E-state index contributed by atoms with van der Waals surface area (Å²) in [5.41, 5.74) is 1.99. The first-order chi connectivity index (χ1) is 9.88. The van der Waals surface area contributed by atoms with Crippen LogP contribution in [0.4, 0.5) is 4.39 Å². The van der Waals surface area contributed by atoms with Crippen LogP contribution < -0.4 is 4.72 Å². The molecular weight excluding hydrogens is 293 g/mol. The summed E-state index contributed by atoms with van der Waals surface area (Å²) in [7, 11) is -3.58. The molecule has 0 unspecified atom stereocenters. The second-order valence-electron chi connectivity index (χ2n) is 4.86. The van der Waals surface area contributed by atoms with E-state index in [9.17, 15) is 12.8 Å². The van der Waals surface area contributed by atoms with E-state index < -0.39 is 15.8 Å². The molecular formula is C14H18FN3O2S. The third-order valence-electron chi connectivity index (χ3n) is 3.07. The van der Waals surface area contributed by atoms with Gasteiger partial charge in [-0.2, -0.15) is 5.10 Å². The van der Waals surface area contributed by atoms with Crippen molar-refractivity contribution in [3.05, 3.63) is 47.5 Å². The summed E-state index contributed by atoms with van der Waals surface area (Å²) in [5, 5.41) is 4.31. The highest BCUT2D eigenvalue weighted by Gasteiger charge is 2.13. The highest BCUT2D eigenvalue weighted by atomic mass is 32.2. The lowest BCUT2D eigenvalue weighted by Crippen LogP contribution is -2.25. The second-order valence-corrected chi connectivity index (χ2v) is 6.62. The van der Waals surface area contributed by atoms with Crippen molar-refractivity contribution in [1.82, 2.24) is 14.5 Å². The van der Waals surface area contributed by atoms with Gasteiger partial charge in [0.05, 0.1) is 10.6 Å². The van der Waals surface area contributed by atoms with Crippen LogP contribution in [0.15, 0.2) is 35.2 Å². The minimum atomic E-state index is -3.58. The molecule has 0 amide bonds. The molecule has 2 aromatic rings. The average molecular weight is 311 g/mol. The molecule has 0 saturated carbocycles. The lowest BCUT2D eigenvalue weighted by atomic mass is 10.4. The summed E-state index contributed by atoms with van der Waals surface area (Å²) < 4.78 is 41.1. The Morgan fingerprint density at radius 1 is 1.24 bits per heavy atom. The van der Waals surface area contributed by atoms with Crippen molar-refractivity contribution in [1.29, 1.82) is 0 Å². The molecule has 1 aromatic carbocycles. The minimum Gasteiger partial charge on any atom is -0.270 e. The Morgan fingerprint density at radius 3 is 2.48 bits per heavy atom. The van der Waals surface area contributed by atoms with E-state index in [4.69, 9.17) is 0 Å². The van der Waals surface area contributed by atoms with E-state index in [1.165, 1.54) is 12.1 Å². The van der Waals surface area contributed by atoms with Crippen LogP contribution in [0.25, 0.3) is 0 Å². The molecule has 1 aromatic heterocycles. The quantitative estimate of drug-likeness (QED) is 0.830. The van der Waals surface area contributed by atoms with Gasteiger partial charge < -0.3 is 0 Å². The van der Waals surface area contributed by atoms with Gasteiger partial charge in [-0.15, -0.1) is 0 Å². The van der Waals surface area contributed by atoms with Gasteiger partial charge in [0, 0.05) is 18.8 Å². The zero-order chi connectivity index (χ0) is 15.5. The van der Waals surface area contributed by atoms with Crippen molar-refractivity contribution in [2.45, 2.75) is 31.7 Å². The van der Waals surface area contributed by atoms with E-state index in [-0.39, 0.29) is 4.90 Å². The normalized spacial score (nSPS) is 11.8. The summed E-state index contributed by atoms with van der Waals surface area (Å²) in [6.07, 6.45) is 0.627. The molecule has 0 radical (unpaired) electrons. The fraction of sp³-hybridized carbons (Fsp3) is 0.357. The second kappa shape index (κ2) is 6.36. The van der Waals surface area contributed by atoms with Crippen LogP contribution in [0.1, 0.15) is 17.8 Å². The number of sulfonamides is 1. The maximum absolute atomic E-state index is 12.8. The SMILES string of the molecule is Cc1cc(C)n(CCCNS(=O)(=O)c2ccc(F)cc2)n1. The third-order valence-corrected chi connectivity index (χ3v) is 4.54. The fourth-order valence-electron chi connectivity index (χ4n) is 2.03. The van der Waals surface area contributed by atoms with Gasteiger partial charge in [-0.25, -0.2) is 17.5 Å². The molecule has 0 aliphatic heterocycles. The zero-order valence-electron chi connectivity index (χ0n) is 12.0. The largest absolute Gasteiger partial charge is 0.270 e. The lowest BCUT2D eigenvalue weighted by molar-refractivity contribution is 0.544. The van der Waals surface area contributed by atoms with Crippen molar-refractivity contribution in [3.63, 3.8) is 0 Å². The Hall–Kier alpha value is -1.73. The van der Waals surface area contributed by atoms with E-state index in [1.807, 2.05) is 24.6 Å². The lowest BCUT2D eigenvalue weighted by Gasteiger charge is -2.07. The first kappa shape index (κ1) is 15.7. The molecule has 2 rings (SSSR count). The molecule has 0 atom stereocenters. The van der Waals surface area contributed by atoms with Crippen molar-refractivity contribution in [2.75, 3.05) is 6.54 Å². The number of hydrogen-bond acceptors (Lipinski definition) is 3. The van der Waals surface area contributed by atoms with Crippen molar-refractivity contribution in [3.8, 4) is 0 Å². The minimum absolute atomic E-state index is 0.0648. The summed E-state index contributed by atoms with van der Waals surface area (Å²) >= 11 is 0. The van der Waals surface area contributed by atoms with Crippen molar-refractivity contribution < 1.29 is 12.8 Å². The molecule has 21 heavy (non-hydrogen) atoms. The first-order valence-corrected chi connectivity index (χ1v) is 8.13. The number of nitrogens with one attached hydrogen (secondary N) is 1. The van der Waals surface area contributed by atoms with E-state index in [2.05, 4.69) is 9.82 Å². The molecule has 1 heterocycles. The van der Waals surface area contributed by atoms with Crippen LogP contribution >= 0.6 is 0 Å². The number of aromatic nitrogens is 2. The van der Waals surface area contributed by atoms with E-state index in [0.29, 0.717) is 19.5 Å². The Bertz CT molecular complexity index is 708. The van der Waals surface area contributed by atoms with Crippen LogP contribution in [-0.2, 0) is 16.6 Å². The molecule has 0 fully saturated rings. The Kier molecular flexibility index (Phi) is 4.74. The van der Waals surface area contributed by atoms with Gasteiger partial charge in [-0.1, -0.05) is 0 Å². The fourth-order valence-corrected chi connectivity index (χ4v) is 3.11. The van der Waals surface area contributed by atoms with Gasteiger partial charge in [0.25, 0.3) is 0 Å². The van der Waals surface area contributed by atoms with Gasteiger partial charge in [0.2, 0.25) is 10.0 Å². The standard InChI is InChI=1S/C14H18FN3O2S/c1-11-10-12(2)18(17-11)9-3-8-16-21(19,20)14-6-4-13(15)5-7-14/h4-7,10,16H,3,8-9H2,1-2H3. The van der Waals surface area contributed by atoms with Crippen LogP contribution in [0.3, 0.4) is 0 Å². The van der Waals surface area contributed by atoms with E-state index >= 15 is 0 Å². The van der Waals surface area contributed by atoms with E-state index in [0.717, 1.165) is 23.5 Å². The molecule has 7 heteroatoms. The highest BCUT2D eigenvalue weighted by molar-refractivity contribution is 7.89. The molecule has 114 valence electrons. The monoisotopic (exact) mass is 311 g/mol. The van der Waals surface area contributed by atoms with Crippen LogP contribution in [0, 0.1) is 19.7 Å². The predicted molar refractivity (Wildman–Crippen MR) is 77.9 cm³/mol. The number of aryl methyl sites for hydroxylation is 3. The number of nitrogens with zero attached hydrogens (tertiary/aromatic N) is 2. The maximum Gasteiger partial charge on any atom is 0.240 e. The van der Waals surface area contributed by atoms with Crippen LogP contribution in [0.2, 0.25) is 0 Å². The molecule has 5 nitrogen and oxygen atoms in total. The third kappa shape index (κ3) is 4.12.